The average molecular weight is 366 g/mol. The summed E-state index contributed by atoms with van der Waals surface area (Å²) in [5, 5.41) is 11.4. The van der Waals surface area contributed by atoms with Gasteiger partial charge in [0, 0.05) is 11.0 Å². The van der Waals surface area contributed by atoms with Crippen molar-refractivity contribution >= 4 is 22.9 Å². The Labute approximate surface area is 157 Å². The van der Waals surface area contributed by atoms with E-state index < -0.39 is 12.1 Å². The topological polar surface area (TPSA) is 86.1 Å². The van der Waals surface area contributed by atoms with E-state index in [1.54, 1.807) is 22.9 Å². The molecule has 0 spiro atoms. The molecule has 3 rings (SSSR count). The van der Waals surface area contributed by atoms with E-state index in [0.29, 0.717) is 11.1 Å². The van der Waals surface area contributed by atoms with Crippen molar-refractivity contribution in [2.24, 2.45) is 5.41 Å². The summed E-state index contributed by atoms with van der Waals surface area (Å²) in [7, 11) is 1.31. The van der Waals surface area contributed by atoms with Gasteiger partial charge >= 0.3 is 5.97 Å². The first-order chi connectivity index (χ1) is 12.8. The van der Waals surface area contributed by atoms with E-state index in [2.05, 4.69) is 15.6 Å². The van der Waals surface area contributed by atoms with Crippen LogP contribution in [0, 0.1) is 5.41 Å². The number of esters is 1. The number of aromatic nitrogens is 3. The third-order valence-corrected chi connectivity index (χ3v) is 4.26. The first-order valence-electron chi connectivity index (χ1n) is 8.60. The minimum atomic E-state index is -0.487. The van der Waals surface area contributed by atoms with Crippen molar-refractivity contribution in [1.82, 2.24) is 20.3 Å². The number of carbonyl (C=O) groups excluding carboxylic acids is 2. The summed E-state index contributed by atoms with van der Waals surface area (Å²) in [6, 6.07) is 14.0. The number of hydrogen-bond acceptors (Lipinski definition) is 5. The third-order valence-electron chi connectivity index (χ3n) is 4.26. The van der Waals surface area contributed by atoms with E-state index in [1.165, 1.54) is 13.2 Å². The second-order valence-electron chi connectivity index (χ2n) is 7.34. The predicted molar refractivity (Wildman–Crippen MR) is 101 cm³/mol. The molecule has 7 nitrogen and oxygen atoms in total. The largest absolute Gasteiger partial charge is 0.465 e. The molecule has 7 heteroatoms. The Kier molecular flexibility index (Phi) is 4.94. The lowest BCUT2D eigenvalue weighted by atomic mass is 9.91. The number of amides is 1. The molecule has 0 fully saturated rings. The van der Waals surface area contributed by atoms with Crippen molar-refractivity contribution < 1.29 is 14.3 Å². The fourth-order valence-corrected chi connectivity index (χ4v) is 2.83. The molecule has 0 aliphatic rings. The summed E-state index contributed by atoms with van der Waals surface area (Å²) in [4.78, 5) is 24.6. The number of carbonyl (C=O) groups is 2. The molecule has 2 aromatic carbocycles. The van der Waals surface area contributed by atoms with Crippen LogP contribution in [0.5, 0.6) is 0 Å². The zero-order valence-corrected chi connectivity index (χ0v) is 15.8. The van der Waals surface area contributed by atoms with Gasteiger partial charge in [0.15, 0.2) is 0 Å². The second kappa shape index (κ2) is 7.19. The fraction of sp³-hybridized carbons (Fsp3) is 0.300. The molecule has 1 atom stereocenters. The molecule has 0 aliphatic carbocycles. The number of rotatable bonds is 4. The van der Waals surface area contributed by atoms with E-state index in [1.807, 2.05) is 45.0 Å². The highest BCUT2D eigenvalue weighted by Crippen LogP contribution is 2.30. The van der Waals surface area contributed by atoms with E-state index in [4.69, 9.17) is 4.74 Å². The van der Waals surface area contributed by atoms with E-state index in [0.717, 1.165) is 11.0 Å². The van der Waals surface area contributed by atoms with Crippen LogP contribution < -0.4 is 5.32 Å². The molecular formula is C20H22N4O3. The molecule has 1 amide bonds. The maximum atomic E-state index is 12.9. The van der Waals surface area contributed by atoms with Crippen LogP contribution in [-0.4, -0.2) is 34.0 Å². The number of nitrogens with one attached hydrogen (secondary N) is 1. The first kappa shape index (κ1) is 18.6. The van der Waals surface area contributed by atoms with E-state index in [-0.39, 0.29) is 11.3 Å². The van der Waals surface area contributed by atoms with Gasteiger partial charge in [-0.15, -0.1) is 5.10 Å². The molecule has 1 unspecified atom stereocenters. The summed E-state index contributed by atoms with van der Waals surface area (Å²) < 4.78 is 6.44. The molecular weight excluding hydrogens is 344 g/mol. The molecule has 1 N–H and O–H groups in total. The fourth-order valence-electron chi connectivity index (χ4n) is 2.83. The first-order valence-corrected chi connectivity index (χ1v) is 8.60. The minimum Gasteiger partial charge on any atom is -0.465 e. The van der Waals surface area contributed by atoms with Crippen LogP contribution >= 0.6 is 0 Å². The second-order valence-corrected chi connectivity index (χ2v) is 7.34. The smallest absolute Gasteiger partial charge is 0.337 e. The van der Waals surface area contributed by atoms with Crippen molar-refractivity contribution in [2.45, 2.75) is 26.9 Å². The summed E-state index contributed by atoms with van der Waals surface area (Å²) in [6.45, 7) is 6.04. The quantitative estimate of drug-likeness (QED) is 0.717. The van der Waals surface area contributed by atoms with Crippen LogP contribution in [0.1, 0.15) is 47.7 Å². The summed E-state index contributed by atoms with van der Waals surface area (Å²) in [5.74, 6) is -0.792. The molecule has 1 aromatic heterocycles. The lowest BCUT2D eigenvalue weighted by Crippen LogP contribution is -2.41. The van der Waals surface area contributed by atoms with Gasteiger partial charge in [-0.25, -0.2) is 9.48 Å². The van der Waals surface area contributed by atoms with Crippen LogP contribution in [0.4, 0.5) is 0 Å². The molecule has 0 saturated carbocycles. The van der Waals surface area contributed by atoms with Crippen molar-refractivity contribution in [3.63, 3.8) is 0 Å². The number of nitrogens with zero attached hydrogens (tertiary/aromatic N) is 3. The maximum Gasteiger partial charge on any atom is 0.337 e. The predicted octanol–water partition coefficient (Wildman–Crippen LogP) is 3.19. The van der Waals surface area contributed by atoms with Crippen molar-refractivity contribution in [2.75, 3.05) is 7.11 Å². The molecule has 0 radical (unpaired) electrons. The van der Waals surface area contributed by atoms with Crippen LogP contribution in [0.3, 0.4) is 0 Å². The number of benzene rings is 2. The molecule has 3 aromatic rings. The Hall–Kier alpha value is -3.22. The Balaban J connectivity index is 1.94. The van der Waals surface area contributed by atoms with Crippen molar-refractivity contribution in [1.29, 1.82) is 0 Å². The molecule has 0 aliphatic heterocycles. The average Bonchev–Trinajstić information content (AvgIpc) is 3.08. The normalized spacial score (nSPS) is 12.6. The van der Waals surface area contributed by atoms with Gasteiger partial charge in [0.05, 0.1) is 18.2 Å². The lowest BCUT2D eigenvalue weighted by molar-refractivity contribution is 0.0600. The zero-order valence-electron chi connectivity index (χ0n) is 15.8. The van der Waals surface area contributed by atoms with Crippen molar-refractivity contribution in [3.8, 4) is 0 Å². The Morgan fingerprint density at radius 3 is 2.48 bits per heavy atom. The SMILES string of the molecule is COC(=O)c1cccc(C(=O)NC(n2nnc3ccccc32)C(C)(C)C)c1. The molecule has 0 saturated heterocycles. The van der Waals surface area contributed by atoms with Crippen molar-refractivity contribution in [3.05, 3.63) is 59.7 Å². The Morgan fingerprint density at radius 2 is 1.78 bits per heavy atom. The molecule has 140 valence electrons. The maximum absolute atomic E-state index is 12.9. The van der Waals surface area contributed by atoms with Crippen LogP contribution in [-0.2, 0) is 4.74 Å². The third kappa shape index (κ3) is 3.81. The molecule has 27 heavy (non-hydrogen) atoms. The van der Waals surface area contributed by atoms with Gasteiger partial charge in [0.1, 0.15) is 11.7 Å². The highest BCUT2D eigenvalue weighted by molar-refractivity contribution is 5.98. The molecule has 0 bridgehead atoms. The number of para-hydroxylation sites is 1. The summed E-state index contributed by atoms with van der Waals surface area (Å²) in [6.07, 6.45) is -0.431. The van der Waals surface area contributed by atoms with Crippen LogP contribution in [0.15, 0.2) is 48.5 Å². The van der Waals surface area contributed by atoms with Gasteiger partial charge in [-0.1, -0.05) is 44.2 Å². The number of methoxy groups -OCH3 is 1. The Bertz CT molecular complexity index is 988. The van der Waals surface area contributed by atoms with Gasteiger partial charge < -0.3 is 10.1 Å². The number of hydrogen-bond donors (Lipinski definition) is 1. The lowest BCUT2D eigenvalue weighted by Gasteiger charge is -2.31. The van der Waals surface area contributed by atoms with Gasteiger partial charge in [0.2, 0.25) is 0 Å². The van der Waals surface area contributed by atoms with Gasteiger partial charge in [-0.2, -0.15) is 0 Å². The van der Waals surface area contributed by atoms with Gasteiger partial charge in [-0.3, -0.25) is 4.79 Å². The van der Waals surface area contributed by atoms with Crippen LogP contribution in [0.2, 0.25) is 0 Å². The number of fused-ring (bicyclic) bond motifs is 1. The Morgan fingerprint density at radius 1 is 1.07 bits per heavy atom. The van der Waals surface area contributed by atoms with Gasteiger partial charge in [-0.05, 0) is 30.3 Å². The standard InChI is InChI=1S/C20H22N4O3/c1-20(2,3)19(24-16-11-6-5-10-15(16)22-23-24)21-17(25)13-8-7-9-14(12-13)18(26)27-4/h5-12,19H,1-4H3,(H,21,25). The monoisotopic (exact) mass is 366 g/mol. The zero-order chi connectivity index (χ0) is 19.6. The minimum absolute atomic E-state index is 0.305. The van der Waals surface area contributed by atoms with Gasteiger partial charge in [0.25, 0.3) is 5.91 Å². The summed E-state index contributed by atoms with van der Waals surface area (Å²) in [5.41, 5.74) is 1.96. The van der Waals surface area contributed by atoms with E-state index >= 15 is 0 Å². The van der Waals surface area contributed by atoms with Crippen LogP contribution in [0.25, 0.3) is 11.0 Å². The highest BCUT2D eigenvalue weighted by atomic mass is 16.5. The van der Waals surface area contributed by atoms with E-state index in [9.17, 15) is 9.59 Å². The summed E-state index contributed by atoms with van der Waals surface area (Å²) >= 11 is 0. The number of ether oxygens (including phenoxy) is 1. The molecule has 1 heterocycles. The highest BCUT2D eigenvalue weighted by Gasteiger charge is 2.30.